The third kappa shape index (κ3) is 10.0. The van der Waals surface area contributed by atoms with Crippen LogP contribution in [0.25, 0.3) is 0 Å². The van der Waals surface area contributed by atoms with E-state index in [1.807, 2.05) is 51.1 Å². The first kappa shape index (κ1) is 38.3. The maximum absolute atomic E-state index is 14.2. The van der Waals surface area contributed by atoms with Gasteiger partial charge in [-0.3, -0.25) is 19.3 Å². The van der Waals surface area contributed by atoms with Gasteiger partial charge in [-0.05, 0) is 84.1 Å². The molecule has 270 valence electrons. The Labute approximate surface area is 288 Å². The number of hydrogen-bond acceptors (Lipinski definition) is 7. The largest absolute Gasteiger partial charge is 0.390 e. The SMILES string of the molecule is CC(C)(C)NC(=O)[C@@H]1CC2CCCCC2CN1C[C@@H](O)[C@H](Cc1ccccc1)NC(=O)[C@@H](NC(=O)C1CCCCC1)C(C)(C)S(C)(=O)=O. The van der Waals surface area contributed by atoms with Crippen molar-refractivity contribution in [1.29, 1.82) is 0 Å². The molecule has 1 heterocycles. The van der Waals surface area contributed by atoms with Gasteiger partial charge >= 0.3 is 0 Å². The Kier molecular flexibility index (Phi) is 12.8. The van der Waals surface area contributed by atoms with E-state index in [9.17, 15) is 27.9 Å². The molecule has 0 radical (unpaired) electrons. The van der Waals surface area contributed by atoms with E-state index < -0.39 is 50.3 Å². The summed E-state index contributed by atoms with van der Waals surface area (Å²) < 4.78 is 24.4. The predicted molar refractivity (Wildman–Crippen MR) is 189 cm³/mol. The Morgan fingerprint density at radius 1 is 0.875 bits per heavy atom. The highest BCUT2D eigenvalue weighted by Crippen LogP contribution is 2.39. The number of benzene rings is 1. The van der Waals surface area contributed by atoms with Crippen LogP contribution in [0.4, 0.5) is 0 Å². The Morgan fingerprint density at radius 2 is 1.48 bits per heavy atom. The van der Waals surface area contributed by atoms with Gasteiger partial charge in [0.25, 0.3) is 0 Å². The molecule has 1 aromatic carbocycles. The zero-order valence-electron chi connectivity index (χ0n) is 30.0. The molecule has 1 aliphatic heterocycles. The fourth-order valence-electron chi connectivity index (χ4n) is 7.81. The number of nitrogens with zero attached hydrogens (tertiary/aromatic N) is 1. The molecular formula is C37H60N4O6S. The standard InChI is InChI=1S/C37H60N4O6S/c1-36(2,3)40-34(44)30-22-27-19-13-14-20-28(27)23-41(30)24-31(42)29(21-25-15-9-7-10-16-25)38-35(45)32(37(4,5)48(6,46)47)39-33(43)26-17-11-8-12-18-26/h7,9-10,15-16,26-32,42H,8,11-14,17-24H2,1-6H3,(H,38,45)(H,39,43)(H,40,44)/t27?,28?,29-,30-,31+,32+/m0/s1. The van der Waals surface area contributed by atoms with Gasteiger partial charge in [0.2, 0.25) is 17.7 Å². The molecular weight excluding hydrogens is 628 g/mol. The van der Waals surface area contributed by atoms with Crippen LogP contribution in [0.15, 0.2) is 30.3 Å². The van der Waals surface area contributed by atoms with E-state index in [0.717, 1.165) is 56.8 Å². The molecule has 10 nitrogen and oxygen atoms in total. The summed E-state index contributed by atoms with van der Waals surface area (Å²) in [5.41, 5.74) is 0.484. The highest BCUT2D eigenvalue weighted by Gasteiger charge is 2.46. The van der Waals surface area contributed by atoms with E-state index in [1.165, 1.54) is 20.3 Å². The van der Waals surface area contributed by atoms with E-state index in [-0.39, 0.29) is 30.7 Å². The van der Waals surface area contributed by atoms with Gasteiger partial charge in [0.05, 0.1) is 22.9 Å². The molecule has 4 rings (SSSR count). The van der Waals surface area contributed by atoms with Crippen molar-refractivity contribution < 1.29 is 27.9 Å². The molecule has 48 heavy (non-hydrogen) atoms. The zero-order valence-corrected chi connectivity index (χ0v) is 30.8. The second-order valence-electron chi connectivity index (χ2n) is 16.3. The summed E-state index contributed by atoms with van der Waals surface area (Å²) in [5.74, 6) is -0.370. The summed E-state index contributed by atoms with van der Waals surface area (Å²) in [7, 11) is -3.79. The number of amides is 3. The molecule has 11 heteroatoms. The van der Waals surface area contributed by atoms with Gasteiger partial charge in [-0.25, -0.2) is 8.42 Å². The normalized spacial score (nSPS) is 24.9. The van der Waals surface area contributed by atoms with Crippen molar-refractivity contribution in [3.8, 4) is 0 Å². The zero-order chi connectivity index (χ0) is 35.3. The first-order chi connectivity index (χ1) is 22.5. The average molecular weight is 689 g/mol. The number of piperidine rings is 1. The number of sulfone groups is 1. The Morgan fingerprint density at radius 3 is 2.08 bits per heavy atom. The molecule has 0 bridgehead atoms. The Hall–Kier alpha value is -2.50. The van der Waals surface area contributed by atoms with Crippen molar-refractivity contribution in [2.45, 2.75) is 140 Å². The van der Waals surface area contributed by atoms with Crippen molar-refractivity contribution in [2.75, 3.05) is 19.3 Å². The van der Waals surface area contributed by atoms with Crippen LogP contribution in [0.1, 0.15) is 104 Å². The van der Waals surface area contributed by atoms with Crippen molar-refractivity contribution >= 4 is 27.6 Å². The molecule has 1 saturated heterocycles. The molecule has 2 unspecified atom stereocenters. The van der Waals surface area contributed by atoms with Gasteiger partial charge in [-0.2, -0.15) is 0 Å². The van der Waals surface area contributed by atoms with Crippen molar-refractivity contribution in [1.82, 2.24) is 20.9 Å². The van der Waals surface area contributed by atoms with E-state index in [1.54, 1.807) is 0 Å². The molecule has 3 amide bonds. The summed E-state index contributed by atoms with van der Waals surface area (Å²) in [6.07, 6.45) is 9.86. The highest BCUT2D eigenvalue weighted by molar-refractivity contribution is 7.92. The number of aliphatic hydroxyl groups excluding tert-OH is 1. The molecule has 0 spiro atoms. The summed E-state index contributed by atoms with van der Waals surface area (Å²) in [5, 5.41) is 20.9. The van der Waals surface area contributed by atoms with Crippen LogP contribution in [0.5, 0.6) is 0 Å². The van der Waals surface area contributed by atoms with E-state index in [2.05, 4.69) is 20.9 Å². The first-order valence-electron chi connectivity index (χ1n) is 18.0. The molecule has 3 aliphatic rings. The van der Waals surface area contributed by atoms with Gasteiger partial charge < -0.3 is 21.1 Å². The minimum atomic E-state index is -3.79. The number of β-amino-alcohol motifs (C(OH)–C–C–N with tert-alkyl or cyclic N) is 1. The molecule has 2 saturated carbocycles. The highest BCUT2D eigenvalue weighted by atomic mass is 32.2. The fourth-order valence-corrected chi connectivity index (χ4v) is 8.40. The second-order valence-corrected chi connectivity index (χ2v) is 18.9. The minimum absolute atomic E-state index is 0.0530. The van der Waals surface area contributed by atoms with Gasteiger partial charge in [0.15, 0.2) is 9.84 Å². The van der Waals surface area contributed by atoms with Crippen molar-refractivity contribution in [2.24, 2.45) is 17.8 Å². The van der Waals surface area contributed by atoms with Crippen molar-refractivity contribution in [3.63, 3.8) is 0 Å². The number of nitrogens with one attached hydrogen (secondary N) is 3. The molecule has 1 aromatic rings. The van der Waals surface area contributed by atoms with Crippen LogP contribution < -0.4 is 16.0 Å². The van der Waals surface area contributed by atoms with E-state index >= 15 is 0 Å². The van der Waals surface area contributed by atoms with Crippen LogP contribution in [0.3, 0.4) is 0 Å². The minimum Gasteiger partial charge on any atom is -0.390 e. The summed E-state index contributed by atoms with van der Waals surface area (Å²) in [6.45, 7) is 9.66. The topological polar surface area (TPSA) is 145 Å². The van der Waals surface area contributed by atoms with Gasteiger partial charge in [0.1, 0.15) is 6.04 Å². The Balaban J connectivity index is 1.60. The number of carbonyl (C=O) groups is 3. The van der Waals surface area contributed by atoms with Gasteiger partial charge in [0, 0.05) is 30.8 Å². The lowest BCUT2D eigenvalue weighted by Gasteiger charge is -2.47. The lowest BCUT2D eigenvalue weighted by molar-refractivity contribution is -0.134. The maximum Gasteiger partial charge on any atom is 0.244 e. The summed E-state index contributed by atoms with van der Waals surface area (Å²) >= 11 is 0. The first-order valence-corrected chi connectivity index (χ1v) is 19.9. The second kappa shape index (κ2) is 16.0. The number of carbonyl (C=O) groups excluding carboxylic acids is 3. The van der Waals surface area contributed by atoms with E-state index in [4.69, 9.17) is 0 Å². The summed E-state index contributed by atoms with van der Waals surface area (Å²) in [6, 6.07) is 6.94. The van der Waals surface area contributed by atoms with E-state index in [0.29, 0.717) is 31.2 Å². The predicted octanol–water partition coefficient (Wildman–Crippen LogP) is 3.76. The van der Waals surface area contributed by atoms with Crippen LogP contribution in [-0.2, 0) is 30.6 Å². The lowest BCUT2D eigenvalue weighted by atomic mass is 9.72. The van der Waals surface area contributed by atoms with Gasteiger partial charge in [-0.1, -0.05) is 68.9 Å². The van der Waals surface area contributed by atoms with Crippen LogP contribution >= 0.6 is 0 Å². The molecule has 6 atom stereocenters. The number of fused-ring (bicyclic) bond motifs is 1. The number of aliphatic hydroxyl groups is 1. The maximum atomic E-state index is 14.2. The lowest BCUT2D eigenvalue weighted by Crippen LogP contribution is -2.64. The number of likely N-dealkylation sites (tertiary alicyclic amines) is 1. The van der Waals surface area contributed by atoms with Crippen molar-refractivity contribution in [3.05, 3.63) is 35.9 Å². The van der Waals surface area contributed by atoms with Crippen LogP contribution in [0, 0.1) is 17.8 Å². The molecule has 2 aliphatic carbocycles. The molecule has 4 N–H and O–H groups in total. The third-order valence-electron chi connectivity index (χ3n) is 11.0. The molecule has 0 aromatic heterocycles. The average Bonchev–Trinajstić information content (AvgIpc) is 3.02. The van der Waals surface area contributed by atoms with Crippen LogP contribution in [0.2, 0.25) is 0 Å². The number of rotatable bonds is 12. The number of hydrogen-bond donors (Lipinski definition) is 4. The third-order valence-corrected chi connectivity index (χ3v) is 13.1. The van der Waals surface area contributed by atoms with Gasteiger partial charge in [-0.15, -0.1) is 0 Å². The fraction of sp³-hybridized carbons (Fsp3) is 0.757. The smallest absolute Gasteiger partial charge is 0.244 e. The summed E-state index contributed by atoms with van der Waals surface area (Å²) in [4.78, 5) is 43.3. The Bertz CT molecular complexity index is 1360. The molecule has 3 fully saturated rings. The monoisotopic (exact) mass is 688 g/mol. The quantitative estimate of drug-likeness (QED) is 0.262. The van der Waals surface area contributed by atoms with Crippen LogP contribution in [-0.4, -0.2) is 90.0 Å².